The van der Waals surface area contributed by atoms with Crippen LogP contribution in [0.25, 0.3) is 10.9 Å². The number of allylic oxidation sites excluding steroid dienone is 2. The van der Waals surface area contributed by atoms with E-state index in [2.05, 4.69) is 37.9 Å². The number of aromatic amines is 1. The lowest BCUT2D eigenvalue weighted by atomic mass is 10.1. The Hall–Kier alpha value is -1.90. The predicted octanol–water partition coefficient (Wildman–Crippen LogP) is 4.10. The van der Waals surface area contributed by atoms with Crippen molar-refractivity contribution in [2.75, 3.05) is 11.9 Å². The molecular formula is C16H15FIN3O2. The van der Waals surface area contributed by atoms with Gasteiger partial charge in [-0.05, 0) is 48.1 Å². The SMILES string of the molecule is CCOC(=O)c1[nH]c2ccncc2c1NC1CC=C(I)C=C1F. The molecule has 23 heavy (non-hydrogen) atoms. The summed E-state index contributed by atoms with van der Waals surface area (Å²) in [4.78, 5) is 19.3. The maximum absolute atomic E-state index is 14.2. The van der Waals surface area contributed by atoms with E-state index in [0.29, 0.717) is 12.1 Å². The van der Waals surface area contributed by atoms with E-state index in [4.69, 9.17) is 4.74 Å². The fraction of sp³-hybridized carbons (Fsp3) is 0.250. The number of fused-ring (bicyclic) bond motifs is 1. The van der Waals surface area contributed by atoms with Gasteiger partial charge in [-0.25, -0.2) is 9.18 Å². The summed E-state index contributed by atoms with van der Waals surface area (Å²) in [6, 6.07) is 1.25. The van der Waals surface area contributed by atoms with Gasteiger partial charge in [0.25, 0.3) is 0 Å². The highest BCUT2D eigenvalue weighted by Gasteiger charge is 2.24. The van der Waals surface area contributed by atoms with Crippen LogP contribution in [0.2, 0.25) is 0 Å². The number of nitrogens with zero attached hydrogens (tertiary/aromatic N) is 1. The average Bonchev–Trinajstić information content (AvgIpc) is 2.89. The molecule has 1 aliphatic carbocycles. The monoisotopic (exact) mass is 427 g/mol. The lowest BCUT2D eigenvalue weighted by Gasteiger charge is -2.20. The molecule has 0 spiro atoms. The van der Waals surface area contributed by atoms with Crippen LogP contribution in [-0.4, -0.2) is 28.6 Å². The maximum Gasteiger partial charge on any atom is 0.356 e. The predicted molar refractivity (Wildman–Crippen MR) is 95.4 cm³/mol. The van der Waals surface area contributed by atoms with Crippen LogP contribution in [0.1, 0.15) is 23.8 Å². The van der Waals surface area contributed by atoms with Gasteiger partial charge < -0.3 is 15.0 Å². The molecule has 1 atom stereocenters. The Balaban J connectivity index is 2.00. The van der Waals surface area contributed by atoms with E-state index in [1.165, 1.54) is 6.08 Å². The van der Waals surface area contributed by atoms with Crippen LogP contribution >= 0.6 is 22.6 Å². The molecule has 1 aliphatic rings. The zero-order chi connectivity index (χ0) is 16.4. The molecule has 7 heteroatoms. The van der Waals surface area contributed by atoms with E-state index in [0.717, 1.165) is 14.5 Å². The van der Waals surface area contributed by atoms with Crippen molar-refractivity contribution in [1.82, 2.24) is 9.97 Å². The van der Waals surface area contributed by atoms with Gasteiger partial charge in [0.05, 0.1) is 23.9 Å². The second-order valence-corrected chi connectivity index (χ2v) is 6.31. The van der Waals surface area contributed by atoms with Gasteiger partial charge in [0, 0.05) is 21.4 Å². The maximum atomic E-state index is 14.2. The fourth-order valence-electron chi connectivity index (χ4n) is 2.48. The standard InChI is InChI=1S/C16H15FIN3O2/c1-2-23-16(22)15-14(10-8-19-6-5-12(10)20-15)21-13-4-3-9(18)7-11(13)17/h3,5-8,13,20-21H,2,4H2,1H3. The quantitative estimate of drug-likeness (QED) is 0.570. The summed E-state index contributed by atoms with van der Waals surface area (Å²) in [6.45, 7) is 2.01. The molecule has 2 aromatic rings. The fourth-order valence-corrected chi connectivity index (χ4v) is 3.03. The van der Waals surface area contributed by atoms with Crippen LogP contribution in [0.5, 0.6) is 0 Å². The van der Waals surface area contributed by atoms with E-state index in [1.54, 1.807) is 25.4 Å². The van der Waals surface area contributed by atoms with Crippen LogP contribution in [0, 0.1) is 0 Å². The van der Waals surface area contributed by atoms with Crippen LogP contribution in [0.15, 0.2) is 40.0 Å². The average molecular weight is 427 g/mol. The Kier molecular flexibility index (Phi) is 4.65. The number of pyridine rings is 1. The number of carbonyl (C=O) groups excluding carboxylic acids is 1. The molecule has 2 heterocycles. The van der Waals surface area contributed by atoms with Crippen LogP contribution in [0.3, 0.4) is 0 Å². The molecule has 0 aliphatic heterocycles. The number of anilines is 1. The van der Waals surface area contributed by atoms with Gasteiger partial charge in [0.1, 0.15) is 11.5 Å². The third-order valence-corrected chi connectivity index (χ3v) is 4.31. The number of hydrogen-bond donors (Lipinski definition) is 2. The smallest absolute Gasteiger partial charge is 0.356 e. The third kappa shape index (κ3) is 3.24. The minimum atomic E-state index is -0.513. The summed E-state index contributed by atoms with van der Waals surface area (Å²) in [6.07, 6.45) is 7.21. The Morgan fingerprint density at radius 3 is 3.17 bits per heavy atom. The first-order valence-electron chi connectivity index (χ1n) is 7.22. The molecule has 0 saturated carbocycles. The van der Waals surface area contributed by atoms with E-state index in [9.17, 15) is 9.18 Å². The van der Waals surface area contributed by atoms with Gasteiger partial charge in [0.2, 0.25) is 0 Å². The first-order valence-corrected chi connectivity index (χ1v) is 8.30. The van der Waals surface area contributed by atoms with Gasteiger partial charge in [-0.3, -0.25) is 4.98 Å². The number of carbonyl (C=O) groups is 1. The number of esters is 1. The number of aromatic nitrogens is 2. The number of hydrogen-bond acceptors (Lipinski definition) is 4. The van der Waals surface area contributed by atoms with E-state index >= 15 is 0 Å². The number of nitrogens with one attached hydrogen (secondary N) is 2. The van der Waals surface area contributed by atoms with Crippen molar-refractivity contribution >= 4 is 45.2 Å². The summed E-state index contributed by atoms with van der Waals surface area (Å²) in [5.41, 5.74) is 1.55. The van der Waals surface area contributed by atoms with Crippen LogP contribution < -0.4 is 5.32 Å². The first kappa shape index (κ1) is 16.0. The van der Waals surface area contributed by atoms with Crippen molar-refractivity contribution in [3.63, 3.8) is 0 Å². The molecule has 0 radical (unpaired) electrons. The summed E-state index contributed by atoms with van der Waals surface area (Å²) in [5.74, 6) is -0.735. The second kappa shape index (κ2) is 6.69. The highest BCUT2D eigenvalue weighted by Crippen LogP contribution is 2.32. The Labute approximate surface area is 146 Å². The van der Waals surface area contributed by atoms with Gasteiger partial charge in [-0.1, -0.05) is 6.08 Å². The van der Waals surface area contributed by atoms with Crippen molar-refractivity contribution in [2.45, 2.75) is 19.4 Å². The highest BCUT2D eigenvalue weighted by atomic mass is 127. The normalized spacial score (nSPS) is 17.6. The summed E-state index contributed by atoms with van der Waals surface area (Å²) < 4.78 is 20.1. The van der Waals surface area contributed by atoms with Gasteiger partial charge in [-0.2, -0.15) is 0 Å². The molecule has 1 unspecified atom stereocenters. The van der Waals surface area contributed by atoms with E-state index in [1.807, 2.05) is 6.08 Å². The number of halogens is 2. The lowest BCUT2D eigenvalue weighted by molar-refractivity contribution is 0.0521. The minimum Gasteiger partial charge on any atom is -0.461 e. The Bertz CT molecular complexity index is 813. The molecule has 0 saturated heterocycles. The zero-order valence-corrected chi connectivity index (χ0v) is 14.6. The molecule has 5 nitrogen and oxygen atoms in total. The van der Waals surface area contributed by atoms with Crippen LogP contribution in [0.4, 0.5) is 10.1 Å². The molecule has 0 fully saturated rings. The van der Waals surface area contributed by atoms with E-state index in [-0.39, 0.29) is 18.1 Å². The zero-order valence-electron chi connectivity index (χ0n) is 12.4. The van der Waals surface area contributed by atoms with Crippen molar-refractivity contribution in [1.29, 1.82) is 0 Å². The first-order chi connectivity index (χ1) is 11.1. The molecular weight excluding hydrogens is 412 g/mol. The second-order valence-electron chi connectivity index (χ2n) is 5.07. The molecule has 0 amide bonds. The number of ether oxygens (including phenoxy) is 1. The Morgan fingerprint density at radius 1 is 1.61 bits per heavy atom. The molecule has 2 aromatic heterocycles. The van der Waals surface area contributed by atoms with Gasteiger partial charge in [-0.15, -0.1) is 0 Å². The highest BCUT2D eigenvalue weighted by molar-refractivity contribution is 14.1. The number of rotatable bonds is 4. The van der Waals surface area contributed by atoms with Crippen molar-refractivity contribution in [3.8, 4) is 0 Å². The van der Waals surface area contributed by atoms with Crippen molar-refractivity contribution in [3.05, 3.63) is 45.7 Å². The van der Waals surface area contributed by atoms with Gasteiger partial charge >= 0.3 is 5.97 Å². The minimum absolute atomic E-state index is 0.259. The summed E-state index contributed by atoms with van der Waals surface area (Å²) >= 11 is 2.08. The number of H-pyrrole nitrogens is 1. The van der Waals surface area contributed by atoms with Crippen LogP contribution in [-0.2, 0) is 4.74 Å². The summed E-state index contributed by atoms with van der Waals surface area (Å²) in [5, 5.41) is 3.85. The summed E-state index contributed by atoms with van der Waals surface area (Å²) in [7, 11) is 0. The Morgan fingerprint density at radius 2 is 2.43 bits per heavy atom. The van der Waals surface area contributed by atoms with Crippen molar-refractivity contribution < 1.29 is 13.9 Å². The third-order valence-electron chi connectivity index (χ3n) is 3.56. The van der Waals surface area contributed by atoms with E-state index < -0.39 is 12.0 Å². The topological polar surface area (TPSA) is 67.0 Å². The van der Waals surface area contributed by atoms with Crippen molar-refractivity contribution in [2.24, 2.45) is 0 Å². The molecule has 0 aromatic carbocycles. The molecule has 0 bridgehead atoms. The largest absolute Gasteiger partial charge is 0.461 e. The molecule has 3 rings (SSSR count). The molecule has 120 valence electrons. The lowest BCUT2D eigenvalue weighted by Crippen LogP contribution is -2.23. The molecule has 2 N–H and O–H groups in total. The van der Waals surface area contributed by atoms with Gasteiger partial charge in [0.15, 0.2) is 0 Å².